The molecule has 0 unspecified atom stereocenters. The number of halogens is 1. The summed E-state index contributed by atoms with van der Waals surface area (Å²) in [6, 6.07) is 1.78. The highest BCUT2D eigenvalue weighted by Crippen LogP contribution is 2.36. The Labute approximate surface area is 161 Å². The second-order valence-electron chi connectivity index (χ2n) is 6.11. The number of nitrogens with one attached hydrogen (secondary N) is 2. The summed E-state index contributed by atoms with van der Waals surface area (Å²) in [4.78, 5) is 32.9. The van der Waals surface area contributed by atoms with Crippen LogP contribution in [-0.4, -0.2) is 58.0 Å². The number of carboxylic acids is 1. The fraction of sp³-hybridized carbons (Fsp3) is 0.375. The first kappa shape index (κ1) is 17.9. The Balaban J connectivity index is 1.54. The van der Waals surface area contributed by atoms with Crippen molar-refractivity contribution >= 4 is 65.2 Å². The fourth-order valence-corrected chi connectivity index (χ4v) is 4.81. The zero-order valence-corrected chi connectivity index (χ0v) is 15.8. The second-order valence-corrected chi connectivity index (χ2v) is 8.17. The summed E-state index contributed by atoms with van der Waals surface area (Å²) in [5.74, 6) is -1.54. The Hall–Kier alpha value is -2.53. The highest BCUT2D eigenvalue weighted by atomic mass is 32.1. The fourth-order valence-electron chi connectivity index (χ4n) is 2.94. The van der Waals surface area contributed by atoms with Gasteiger partial charge in [0.15, 0.2) is 16.1 Å². The molecule has 0 saturated carbocycles. The van der Waals surface area contributed by atoms with Crippen molar-refractivity contribution in [2.45, 2.75) is 12.8 Å². The van der Waals surface area contributed by atoms with E-state index >= 15 is 0 Å². The van der Waals surface area contributed by atoms with E-state index in [1.807, 2.05) is 4.90 Å². The van der Waals surface area contributed by atoms with Crippen LogP contribution in [-0.2, 0) is 9.59 Å². The lowest BCUT2D eigenvalue weighted by Gasteiger charge is -2.14. The van der Waals surface area contributed by atoms with Crippen molar-refractivity contribution in [3.63, 3.8) is 0 Å². The number of carbonyl (C=O) groups is 2. The molecule has 11 heteroatoms. The van der Waals surface area contributed by atoms with Crippen LogP contribution in [0.15, 0.2) is 6.07 Å². The quantitative estimate of drug-likeness (QED) is 0.574. The first-order valence-electron chi connectivity index (χ1n) is 8.38. The van der Waals surface area contributed by atoms with Crippen molar-refractivity contribution < 1.29 is 19.1 Å². The van der Waals surface area contributed by atoms with Gasteiger partial charge in [-0.1, -0.05) is 22.7 Å². The number of anilines is 2. The summed E-state index contributed by atoms with van der Waals surface area (Å²) >= 11 is 2.45. The molecule has 0 radical (unpaired) electrons. The van der Waals surface area contributed by atoms with Gasteiger partial charge in [0.05, 0.1) is 15.9 Å². The van der Waals surface area contributed by atoms with E-state index in [1.165, 1.54) is 22.7 Å². The number of hydrogen-bond donors (Lipinski definition) is 3. The van der Waals surface area contributed by atoms with Crippen LogP contribution in [0.4, 0.5) is 14.7 Å². The van der Waals surface area contributed by atoms with Crippen molar-refractivity contribution in [1.29, 1.82) is 0 Å². The van der Waals surface area contributed by atoms with Crippen LogP contribution < -0.4 is 10.6 Å². The molecule has 0 aliphatic carbocycles. The van der Waals surface area contributed by atoms with E-state index in [-0.39, 0.29) is 30.0 Å². The molecule has 1 saturated heterocycles. The molecular formula is C16H16FN5O3S2. The van der Waals surface area contributed by atoms with E-state index in [0.717, 1.165) is 25.9 Å². The molecule has 1 amide bonds. The normalized spacial score (nSPS) is 14.2. The van der Waals surface area contributed by atoms with Gasteiger partial charge in [-0.3, -0.25) is 9.59 Å². The van der Waals surface area contributed by atoms with Crippen molar-refractivity contribution in [2.75, 3.05) is 36.8 Å². The smallest absolute Gasteiger partial charge is 0.322 e. The van der Waals surface area contributed by atoms with Gasteiger partial charge in [0, 0.05) is 13.1 Å². The number of carbonyl (C=O) groups excluding carboxylic acids is 1. The van der Waals surface area contributed by atoms with Crippen molar-refractivity contribution in [2.24, 2.45) is 0 Å². The van der Waals surface area contributed by atoms with Crippen molar-refractivity contribution in [3.8, 4) is 0 Å². The molecule has 0 bridgehead atoms. The van der Waals surface area contributed by atoms with E-state index in [2.05, 4.69) is 20.6 Å². The average Bonchev–Trinajstić information content (AvgIpc) is 3.37. The monoisotopic (exact) mass is 409 g/mol. The molecule has 3 aromatic rings. The van der Waals surface area contributed by atoms with Gasteiger partial charge >= 0.3 is 5.97 Å². The molecule has 0 spiro atoms. The summed E-state index contributed by atoms with van der Waals surface area (Å²) in [7, 11) is 0. The molecule has 8 nitrogen and oxygen atoms in total. The van der Waals surface area contributed by atoms with Gasteiger partial charge in [-0.25, -0.2) is 14.4 Å². The summed E-state index contributed by atoms with van der Waals surface area (Å²) in [6.07, 6.45) is 2.07. The molecule has 3 N–H and O–H groups in total. The predicted molar refractivity (Wildman–Crippen MR) is 103 cm³/mol. The van der Waals surface area contributed by atoms with E-state index in [4.69, 9.17) is 5.11 Å². The highest BCUT2D eigenvalue weighted by molar-refractivity contribution is 7.24. The number of carboxylic acid groups (broad SMARTS) is 1. The molecular weight excluding hydrogens is 393 g/mol. The van der Waals surface area contributed by atoms with Gasteiger partial charge in [0.25, 0.3) is 0 Å². The Bertz CT molecular complexity index is 1030. The minimum atomic E-state index is -1.02. The number of hydrogen-bond acceptors (Lipinski definition) is 8. The number of nitrogens with zero attached hydrogens (tertiary/aromatic N) is 3. The summed E-state index contributed by atoms with van der Waals surface area (Å²) < 4.78 is 16.0. The zero-order valence-electron chi connectivity index (χ0n) is 14.1. The molecule has 1 aliphatic rings. The van der Waals surface area contributed by atoms with Crippen LogP contribution in [0, 0.1) is 5.82 Å². The maximum Gasteiger partial charge on any atom is 0.322 e. The minimum absolute atomic E-state index is 0.0176. The number of thiazole rings is 2. The van der Waals surface area contributed by atoms with Crippen LogP contribution in [0.3, 0.4) is 0 Å². The Morgan fingerprint density at radius 1 is 1.07 bits per heavy atom. The molecule has 1 aliphatic heterocycles. The number of likely N-dealkylation sites (tertiary alicyclic amines) is 1. The van der Waals surface area contributed by atoms with Crippen LogP contribution >= 0.6 is 22.7 Å². The van der Waals surface area contributed by atoms with Crippen LogP contribution in [0.1, 0.15) is 12.8 Å². The molecule has 142 valence electrons. The molecule has 2 aromatic heterocycles. The third-order valence-corrected chi connectivity index (χ3v) is 6.15. The Kier molecular flexibility index (Phi) is 4.79. The van der Waals surface area contributed by atoms with Crippen LogP contribution in [0.2, 0.25) is 0 Å². The van der Waals surface area contributed by atoms with E-state index < -0.39 is 11.8 Å². The minimum Gasteiger partial charge on any atom is -0.480 e. The Morgan fingerprint density at radius 3 is 2.19 bits per heavy atom. The van der Waals surface area contributed by atoms with Gasteiger partial charge in [0.2, 0.25) is 5.91 Å². The molecule has 27 heavy (non-hydrogen) atoms. The SMILES string of the molecule is O=C(O)CNc1nc2c(F)c3nc(NCC(=O)N4CCCC4)sc3cc2s1. The summed E-state index contributed by atoms with van der Waals surface area (Å²) in [5.41, 5.74) is 0.351. The molecule has 4 rings (SSSR count). The third-order valence-electron chi connectivity index (χ3n) is 4.23. The Morgan fingerprint density at radius 2 is 1.63 bits per heavy atom. The first-order valence-corrected chi connectivity index (χ1v) is 10.0. The topological polar surface area (TPSA) is 107 Å². The van der Waals surface area contributed by atoms with Gasteiger partial charge in [-0.15, -0.1) is 0 Å². The number of benzene rings is 1. The van der Waals surface area contributed by atoms with Gasteiger partial charge in [-0.2, -0.15) is 0 Å². The number of fused-ring (bicyclic) bond motifs is 2. The third kappa shape index (κ3) is 3.65. The lowest BCUT2D eigenvalue weighted by molar-refractivity contribution is -0.135. The molecule has 1 aromatic carbocycles. The lowest BCUT2D eigenvalue weighted by Crippen LogP contribution is -2.32. The standard InChI is InChI=1S/C16H16FN5O3S2/c17-12-13-8(5-9-14(12)21-16(27-9)19-7-11(24)25)26-15(20-13)18-6-10(23)22-3-1-2-4-22/h5H,1-4,6-7H2,(H,18,20)(H,19,21)(H,24,25). The second kappa shape index (κ2) is 7.24. The van der Waals surface area contributed by atoms with E-state index in [1.54, 1.807) is 6.07 Å². The first-order chi connectivity index (χ1) is 13.0. The highest BCUT2D eigenvalue weighted by Gasteiger charge is 2.19. The number of amides is 1. The predicted octanol–water partition coefficient (Wildman–Crippen LogP) is 2.58. The summed E-state index contributed by atoms with van der Waals surface area (Å²) in [5, 5.41) is 15.2. The van der Waals surface area contributed by atoms with Gasteiger partial charge in [0.1, 0.15) is 17.6 Å². The van der Waals surface area contributed by atoms with Crippen molar-refractivity contribution in [3.05, 3.63) is 11.9 Å². The van der Waals surface area contributed by atoms with Crippen molar-refractivity contribution in [1.82, 2.24) is 14.9 Å². The molecule has 0 atom stereocenters. The number of aromatic nitrogens is 2. The number of rotatable bonds is 6. The maximum absolute atomic E-state index is 14.8. The van der Waals surface area contributed by atoms with Crippen LogP contribution in [0.5, 0.6) is 0 Å². The molecule has 3 heterocycles. The number of aliphatic carboxylic acids is 1. The van der Waals surface area contributed by atoms with E-state index in [9.17, 15) is 14.0 Å². The van der Waals surface area contributed by atoms with E-state index in [0.29, 0.717) is 19.7 Å². The zero-order chi connectivity index (χ0) is 19.0. The van der Waals surface area contributed by atoms with Gasteiger partial charge < -0.3 is 20.6 Å². The molecule has 1 fully saturated rings. The maximum atomic E-state index is 14.8. The van der Waals surface area contributed by atoms with Gasteiger partial charge in [-0.05, 0) is 18.9 Å². The average molecular weight is 409 g/mol. The van der Waals surface area contributed by atoms with Crippen LogP contribution in [0.25, 0.3) is 20.4 Å². The lowest BCUT2D eigenvalue weighted by atomic mass is 10.3. The summed E-state index contributed by atoms with van der Waals surface area (Å²) in [6.45, 7) is 1.43. The largest absolute Gasteiger partial charge is 0.480 e.